The summed E-state index contributed by atoms with van der Waals surface area (Å²) in [6, 6.07) is 0. The molecular weight excluding hydrogens is 458 g/mol. The fourth-order valence-corrected chi connectivity index (χ4v) is 8.25. The number of carboxylic acids is 1. The number of aliphatic carboxylic acids is 1. The topological polar surface area (TPSA) is 108 Å². The molecule has 200 valence electrons. The SMILES string of the molecule is CNCCN(CCC(=O)O)C(=O)O/N=C(\C)[C@H]1CC[C@H]2[C@@H]3CCC4=CC(=O)CC[C@]4(C)[C@H]3CC[C@]12C. The van der Waals surface area contributed by atoms with E-state index in [0.29, 0.717) is 43.0 Å². The normalized spacial score (nSPS) is 35.8. The zero-order chi connectivity index (χ0) is 26.1. The maximum absolute atomic E-state index is 12.7. The molecule has 2 N–H and O–H groups in total. The van der Waals surface area contributed by atoms with Crippen LogP contribution in [0.4, 0.5) is 4.79 Å². The molecule has 0 aliphatic heterocycles. The van der Waals surface area contributed by atoms with Crippen molar-refractivity contribution in [3.8, 4) is 0 Å². The predicted octanol–water partition coefficient (Wildman–Crippen LogP) is 4.64. The summed E-state index contributed by atoms with van der Waals surface area (Å²) >= 11 is 0. The number of allylic oxidation sites excluding steroid dienone is 1. The Labute approximate surface area is 214 Å². The number of fused-ring (bicyclic) bond motifs is 5. The molecule has 0 heterocycles. The van der Waals surface area contributed by atoms with E-state index in [4.69, 9.17) is 9.94 Å². The number of nitrogens with zero attached hydrogens (tertiary/aromatic N) is 2. The van der Waals surface area contributed by atoms with Gasteiger partial charge in [-0.15, -0.1) is 0 Å². The van der Waals surface area contributed by atoms with Crippen LogP contribution in [0.3, 0.4) is 0 Å². The average molecular weight is 502 g/mol. The van der Waals surface area contributed by atoms with E-state index in [-0.39, 0.29) is 29.7 Å². The quantitative estimate of drug-likeness (QED) is 0.285. The summed E-state index contributed by atoms with van der Waals surface area (Å²) in [7, 11) is 1.78. The molecule has 8 heteroatoms. The first kappa shape index (κ1) is 26.8. The Morgan fingerprint density at radius 3 is 2.64 bits per heavy atom. The summed E-state index contributed by atoms with van der Waals surface area (Å²) in [5.41, 5.74) is 2.57. The Morgan fingerprint density at radius 1 is 1.14 bits per heavy atom. The first-order valence-corrected chi connectivity index (χ1v) is 13.7. The summed E-state index contributed by atoms with van der Waals surface area (Å²) < 4.78 is 0. The third-order valence-electron chi connectivity index (χ3n) is 10.2. The van der Waals surface area contributed by atoms with Crippen LogP contribution in [-0.4, -0.2) is 60.2 Å². The summed E-state index contributed by atoms with van der Waals surface area (Å²) in [6.45, 7) is 7.81. The van der Waals surface area contributed by atoms with Crippen LogP contribution in [-0.2, 0) is 14.4 Å². The van der Waals surface area contributed by atoms with Crippen molar-refractivity contribution < 1.29 is 24.3 Å². The number of likely N-dealkylation sites (N-methyl/N-ethyl adjacent to an activating group) is 1. The number of hydrogen-bond donors (Lipinski definition) is 2. The van der Waals surface area contributed by atoms with E-state index in [0.717, 1.165) is 31.4 Å². The van der Waals surface area contributed by atoms with E-state index in [1.54, 1.807) is 7.05 Å². The van der Waals surface area contributed by atoms with Crippen molar-refractivity contribution in [3.63, 3.8) is 0 Å². The maximum atomic E-state index is 12.7. The minimum atomic E-state index is -0.948. The molecule has 0 aromatic rings. The second-order valence-electron chi connectivity index (χ2n) is 12.0. The van der Waals surface area contributed by atoms with Gasteiger partial charge in [0.1, 0.15) is 0 Å². The smallest absolute Gasteiger partial charge is 0.436 e. The molecular formula is C28H43N3O5. The van der Waals surface area contributed by atoms with Crippen LogP contribution in [0.5, 0.6) is 0 Å². The highest BCUT2D eigenvalue weighted by Gasteiger charge is 2.59. The summed E-state index contributed by atoms with van der Waals surface area (Å²) in [5.74, 6) is 1.58. The Bertz CT molecular complexity index is 945. The van der Waals surface area contributed by atoms with Crippen molar-refractivity contribution in [3.05, 3.63) is 11.6 Å². The highest BCUT2D eigenvalue weighted by atomic mass is 16.7. The van der Waals surface area contributed by atoms with Crippen LogP contribution in [0.1, 0.15) is 78.6 Å². The molecule has 6 atom stereocenters. The number of carbonyl (C=O) groups excluding carboxylic acids is 2. The molecule has 3 saturated carbocycles. The van der Waals surface area contributed by atoms with E-state index < -0.39 is 12.1 Å². The van der Waals surface area contributed by atoms with Gasteiger partial charge in [0, 0.05) is 32.0 Å². The molecule has 4 aliphatic rings. The van der Waals surface area contributed by atoms with Gasteiger partial charge in [0.15, 0.2) is 5.78 Å². The van der Waals surface area contributed by atoms with Gasteiger partial charge in [-0.1, -0.05) is 24.6 Å². The third-order valence-corrected chi connectivity index (χ3v) is 10.2. The van der Waals surface area contributed by atoms with Gasteiger partial charge in [-0.3, -0.25) is 14.4 Å². The van der Waals surface area contributed by atoms with Gasteiger partial charge in [-0.25, -0.2) is 4.79 Å². The Balaban J connectivity index is 1.44. The minimum Gasteiger partial charge on any atom is -0.481 e. The van der Waals surface area contributed by atoms with Crippen molar-refractivity contribution in [1.82, 2.24) is 10.2 Å². The Morgan fingerprint density at radius 2 is 1.92 bits per heavy atom. The number of oxime groups is 1. The first-order chi connectivity index (χ1) is 17.1. The number of hydrogen-bond acceptors (Lipinski definition) is 6. The van der Waals surface area contributed by atoms with Crippen LogP contribution in [0.2, 0.25) is 0 Å². The number of amides is 1. The Kier molecular flexibility index (Phi) is 7.93. The van der Waals surface area contributed by atoms with E-state index in [2.05, 4.69) is 24.3 Å². The van der Waals surface area contributed by atoms with Gasteiger partial charge in [0.25, 0.3) is 0 Å². The molecule has 4 aliphatic carbocycles. The molecule has 0 unspecified atom stereocenters. The number of carboxylic acid groups (broad SMARTS) is 1. The molecule has 0 radical (unpaired) electrons. The third kappa shape index (κ3) is 4.98. The molecule has 0 saturated heterocycles. The molecule has 0 bridgehead atoms. The van der Waals surface area contributed by atoms with Crippen LogP contribution < -0.4 is 5.32 Å². The van der Waals surface area contributed by atoms with Crippen molar-refractivity contribution >= 4 is 23.6 Å². The molecule has 0 aromatic carbocycles. The minimum absolute atomic E-state index is 0.0947. The fourth-order valence-electron chi connectivity index (χ4n) is 8.25. The van der Waals surface area contributed by atoms with Gasteiger partial charge in [-0.2, -0.15) is 0 Å². The zero-order valence-electron chi connectivity index (χ0n) is 22.3. The highest BCUT2D eigenvalue weighted by molar-refractivity contribution is 5.91. The van der Waals surface area contributed by atoms with Gasteiger partial charge in [0.05, 0.1) is 12.1 Å². The summed E-state index contributed by atoms with van der Waals surface area (Å²) in [6.07, 6.45) is 9.66. The molecule has 0 spiro atoms. The maximum Gasteiger partial charge on any atom is 0.436 e. The van der Waals surface area contributed by atoms with Crippen LogP contribution in [0.25, 0.3) is 0 Å². The summed E-state index contributed by atoms with van der Waals surface area (Å²) in [5, 5.41) is 16.3. The van der Waals surface area contributed by atoms with Crippen LogP contribution in [0, 0.1) is 34.5 Å². The molecule has 8 nitrogen and oxygen atoms in total. The van der Waals surface area contributed by atoms with Gasteiger partial charge >= 0.3 is 12.1 Å². The predicted molar refractivity (Wildman–Crippen MR) is 138 cm³/mol. The van der Waals surface area contributed by atoms with E-state index in [9.17, 15) is 14.4 Å². The average Bonchev–Trinajstić information content (AvgIpc) is 3.20. The molecule has 3 fully saturated rings. The Hall–Kier alpha value is -2.22. The standard InChI is InChI=1S/C28H43N3O5/c1-18(30-36-26(35)31(16-14-29-4)15-11-25(33)34)22-7-8-23-21-6-5-19-17-20(32)9-12-27(19,2)24(21)10-13-28(22,23)3/h17,21-24,29H,5-16H2,1-4H3,(H,33,34)/b30-18+/t21-,22+,23-,24-,27-,28+/m0/s1. The van der Waals surface area contributed by atoms with Crippen molar-refractivity contribution in [1.29, 1.82) is 0 Å². The van der Waals surface area contributed by atoms with Crippen molar-refractivity contribution in [2.75, 3.05) is 26.7 Å². The highest BCUT2D eigenvalue weighted by Crippen LogP contribution is 2.66. The summed E-state index contributed by atoms with van der Waals surface area (Å²) in [4.78, 5) is 42.5. The van der Waals surface area contributed by atoms with Crippen molar-refractivity contribution in [2.45, 2.75) is 78.6 Å². The molecule has 4 rings (SSSR count). The van der Waals surface area contributed by atoms with Crippen molar-refractivity contribution in [2.24, 2.45) is 39.7 Å². The number of nitrogens with one attached hydrogen (secondary N) is 1. The van der Waals surface area contributed by atoms with Gasteiger partial charge < -0.3 is 15.3 Å². The van der Waals surface area contributed by atoms with Gasteiger partial charge in [0.2, 0.25) is 0 Å². The molecule has 1 amide bonds. The number of ketones is 1. The fraction of sp³-hybridized carbons (Fsp3) is 0.786. The molecule has 36 heavy (non-hydrogen) atoms. The lowest BCUT2D eigenvalue weighted by atomic mass is 9.46. The lowest BCUT2D eigenvalue weighted by molar-refractivity contribution is -0.137. The van der Waals surface area contributed by atoms with Crippen LogP contribution in [0.15, 0.2) is 16.8 Å². The molecule has 0 aromatic heterocycles. The lowest BCUT2D eigenvalue weighted by Crippen LogP contribution is -2.51. The van der Waals surface area contributed by atoms with Crippen LogP contribution >= 0.6 is 0 Å². The second kappa shape index (κ2) is 10.6. The monoisotopic (exact) mass is 501 g/mol. The van der Waals surface area contributed by atoms with E-state index in [1.165, 1.54) is 29.7 Å². The lowest BCUT2D eigenvalue weighted by Gasteiger charge is -2.58. The first-order valence-electron chi connectivity index (χ1n) is 13.7. The second-order valence-corrected chi connectivity index (χ2v) is 12.0. The zero-order valence-corrected chi connectivity index (χ0v) is 22.3. The number of rotatable bonds is 8. The largest absolute Gasteiger partial charge is 0.481 e. The van der Waals surface area contributed by atoms with E-state index >= 15 is 0 Å². The number of carbonyl (C=O) groups is 3. The van der Waals surface area contributed by atoms with Gasteiger partial charge in [-0.05, 0) is 93.6 Å². The van der Waals surface area contributed by atoms with E-state index in [1.807, 2.05) is 13.0 Å².